The Labute approximate surface area is 167 Å². The molecule has 0 bridgehead atoms. The molecule has 0 unspecified atom stereocenters. The zero-order valence-corrected chi connectivity index (χ0v) is 17.3. The average Bonchev–Trinajstić information content (AvgIpc) is 2.68. The van der Waals surface area contributed by atoms with Gasteiger partial charge in [-0.2, -0.15) is 5.26 Å². The van der Waals surface area contributed by atoms with Gasteiger partial charge in [-0.25, -0.2) is 0 Å². The van der Waals surface area contributed by atoms with E-state index in [0.717, 1.165) is 50.3 Å². The fourth-order valence-corrected chi connectivity index (χ4v) is 4.55. The molecule has 0 heterocycles. The van der Waals surface area contributed by atoms with Crippen LogP contribution in [0.1, 0.15) is 32.1 Å². The monoisotopic (exact) mass is 389 g/mol. The first-order valence-corrected chi connectivity index (χ1v) is 10.7. The van der Waals surface area contributed by atoms with Gasteiger partial charge in [0.05, 0.1) is 12.7 Å². The third kappa shape index (κ3) is 7.82. The summed E-state index contributed by atoms with van der Waals surface area (Å²) < 4.78 is 5.78. The zero-order chi connectivity index (χ0) is 19.5. The standard InChI is InChI=1S/C21H31N3O2S/c1-24(2)14-5-15-26-18-8-10-19(11-9-18)27-16-17-6-3-4-7-20(17)21(25)23-13-12-22/h8-11,17,20H,3-7,13-16H2,1-2H3,(H,23,25)/t17-,20+/m0/s1. The summed E-state index contributed by atoms with van der Waals surface area (Å²) in [5.41, 5.74) is 0. The lowest BCUT2D eigenvalue weighted by atomic mass is 9.80. The molecule has 1 aromatic rings. The first kappa shape index (κ1) is 21.6. The number of hydrogen-bond donors (Lipinski definition) is 1. The van der Waals surface area contributed by atoms with Gasteiger partial charge in [0.25, 0.3) is 0 Å². The number of thioether (sulfide) groups is 1. The molecule has 1 fully saturated rings. The average molecular weight is 390 g/mol. The van der Waals surface area contributed by atoms with E-state index in [-0.39, 0.29) is 18.4 Å². The second kappa shape index (κ2) is 11.9. The number of amides is 1. The minimum absolute atomic E-state index is 0.0407. The van der Waals surface area contributed by atoms with Crippen LogP contribution in [0.5, 0.6) is 5.75 Å². The molecule has 0 aliphatic heterocycles. The maximum atomic E-state index is 12.3. The van der Waals surface area contributed by atoms with Gasteiger partial charge in [0.2, 0.25) is 5.91 Å². The van der Waals surface area contributed by atoms with Crippen LogP contribution in [0.3, 0.4) is 0 Å². The van der Waals surface area contributed by atoms with E-state index in [2.05, 4.69) is 36.4 Å². The number of nitriles is 1. The van der Waals surface area contributed by atoms with Crippen molar-refractivity contribution in [1.82, 2.24) is 10.2 Å². The lowest BCUT2D eigenvalue weighted by molar-refractivity contribution is -0.127. The van der Waals surface area contributed by atoms with Gasteiger partial charge in [0.15, 0.2) is 0 Å². The predicted octanol–water partition coefficient (Wildman–Crippen LogP) is 3.56. The molecule has 0 radical (unpaired) electrons. The van der Waals surface area contributed by atoms with Crippen LogP contribution in [0, 0.1) is 23.2 Å². The molecule has 6 heteroatoms. The van der Waals surface area contributed by atoms with Crippen molar-refractivity contribution in [2.24, 2.45) is 11.8 Å². The van der Waals surface area contributed by atoms with Crippen LogP contribution in [-0.2, 0) is 4.79 Å². The van der Waals surface area contributed by atoms with Crippen LogP contribution >= 0.6 is 11.8 Å². The van der Waals surface area contributed by atoms with Gasteiger partial charge < -0.3 is 15.0 Å². The fourth-order valence-electron chi connectivity index (χ4n) is 3.42. The van der Waals surface area contributed by atoms with E-state index in [1.165, 1.54) is 11.3 Å². The molecule has 1 saturated carbocycles. The highest BCUT2D eigenvalue weighted by molar-refractivity contribution is 7.99. The van der Waals surface area contributed by atoms with Crippen LogP contribution in [0.15, 0.2) is 29.2 Å². The molecule has 1 amide bonds. The SMILES string of the molecule is CN(C)CCCOc1ccc(SC[C@@H]2CCCC[C@H]2C(=O)NCC#N)cc1. The highest BCUT2D eigenvalue weighted by atomic mass is 32.2. The van der Waals surface area contributed by atoms with Crippen molar-refractivity contribution in [2.75, 3.05) is 39.5 Å². The maximum absolute atomic E-state index is 12.3. The van der Waals surface area contributed by atoms with E-state index < -0.39 is 0 Å². The Bertz CT molecular complexity index is 613. The van der Waals surface area contributed by atoms with Gasteiger partial charge in [-0.1, -0.05) is 12.8 Å². The fraction of sp³-hybridized carbons (Fsp3) is 0.619. The number of hydrogen-bond acceptors (Lipinski definition) is 5. The van der Waals surface area contributed by atoms with Crippen molar-refractivity contribution < 1.29 is 9.53 Å². The van der Waals surface area contributed by atoms with Gasteiger partial charge in [-0.15, -0.1) is 11.8 Å². The first-order valence-electron chi connectivity index (χ1n) is 9.75. The molecule has 27 heavy (non-hydrogen) atoms. The summed E-state index contributed by atoms with van der Waals surface area (Å²) in [6.07, 6.45) is 5.33. The van der Waals surface area contributed by atoms with E-state index in [0.29, 0.717) is 5.92 Å². The van der Waals surface area contributed by atoms with Crippen molar-refractivity contribution in [3.63, 3.8) is 0 Å². The summed E-state index contributed by atoms with van der Waals surface area (Å²) in [5.74, 6) is 2.31. The molecule has 2 atom stereocenters. The number of carbonyl (C=O) groups excluding carboxylic acids is 1. The Morgan fingerprint density at radius 2 is 2.04 bits per heavy atom. The summed E-state index contributed by atoms with van der Waals surface area (Å²) in [5, 5.41) is 11.4. The van der Waals surface area contributed by atoms with Crippen molar-refractivity contribution in [2.45, 2.75) is 37.0 Å². The van der Waals surface area contributed by atoms with Crippen molar-refractivity contribution in [3.8, 4) is 11.8 Å². The van der Waals surface area contributed by atoms with E-state index in [1.807, 2.05) is 18.2 Å². The van der Waals surface area contributed by atoms with Crippen molar-refractivity contribution >= 4 is 17.7 Å². The summed E-state index contributed by atoms with van der Waals surface area (Å²) in [7, 11) is 4.13. The Morgan fingerprint density at radius 1 is 1.30 bits per heavy atom. The van der Waals surface area contributed by atoms with E-state index in [9.17, 15) is 4.79 Å². The van der Waals surface area contributed by atoms with E-state index in [1.54, 1.807) is 11.8 Å². The molecule has 5 nitrogen and oxygen atoms in total. The summed E-state index contributed by atoms with van der Waals surface area (Å²) in [6.45, 7) is 1.86. The highest BCUT2D eigenvalue weighted by Crippen LogP contribution is 2.35. The summed E-state index contributed by atoms with van der Waals surface area (Å²) in [6, 6.07) is 10.2. The van der Waals surface area contributed by atoms with Crippen LogP contribution < -0.4 is 10.1 Å². The summed E-state index contributed by atoms with van der Waals surface area (Å²) >= 11 is 1.81. The molecule has 1 aliphatic carbocycles. The van der Waals surface area contributed by atoms with Crippen LogP contribution in [0.4, 0.5) is 0 Å². The van der Waals surface area contributed by atoms with Crippen LogP contribution in [0.25, 0.3) is 0 Å². The van der Waals surface area contributed by atoms with Gasteiger partial charge in [0.1, 0.15) is 12.3 Å². The Kier molecular flexibility index (Phi) is 9.51. The molecule has 1 N–H and O–H groups in total. The van der Waals surface area contributed by atoms with E-state index in [4.69, 9.17) is 10.00 Å². The Morgan fingerprint density at radius 3 is 2.74 bits per heavy atom. The molecule has 1 aliphatic rings. The Hall–Kier alpha value is -1.71. The zero-order valence-electron chi connectivity index (χ0n) is 16.4. The number of ether oxygens (including phenoxy) is 1. The lowest BCUT2D eigenvalue weighted by Crippen LogP contribution is -2.37. The molecule has 0 aromatic heterocycles. The second-order valence-corrected chi connectivity index (χ2v) is 8.41. The number of rotatable bonds is 10. The van der Waals surface area contributed by atoms with Crippen molar-refractivity contribution in [1.29, 1.82) is 5.26 Å². The molecule has 0 saturated heterocycles. The molecule has 0 spiro atoms. The van der Waals surface area contributed by atoms with Crippen LogP contribution in [0.2, 0.25) is 0 Å². The Balaban J connectivity index is 1.78. The summed E-state index contributed by atoms with van der Waals surface area (Å²) in [4.78, 5) is 15.7. The highest BCUT2D eigenvalue weighted by Gasteiger charge is 2.30. The van der Waals surface area contributed by atoms with Crippen LogP contribution in [-0.4, -0.2) is 50.4 Å². The van der Waals surface area contributed by atoms with Crippen molar-refractivity contribution in [3.05, 3.63) is 24.3 Å². The third-order valence-electron chi connectivity index (χ3n) is 4.89. The van der Waals surface area contributed by atoms with Gasteiger partial charge >= 0.3 is 0 Å². The topological polar surface area (TPSA) is 65.4 Å². The number of benzene rings is 1. The maximum Gasteiger partial charge on any atom is 0.224 e. The third-order valence-corrected chi connectivity index (χ3v) is 6.09. The molecule has 1 aromatic carbocycles. The van der Waals surface area contributed by atoms with Gasteiger partial charge in [0, 0.05) is 23.1 Å². The molecule has 2 rings (SSSR count). The van der Waals surface area contributed by atoms with Gasteiger partial charge in [-0.3, -0.25) is 4.79 Å². The quantitative estimate of drug-likeness (QED) is 0.377. The largest absolute Gasteiger partial charge is 0.494 e. The number of carbonyl (C=O) groups is 1. The predicted molar refractivity (Wildman–Crippen MR) is 110 cm³/mol. The number of nitrogens with zero attached hydrogens (tertiary/aromatic N) is 2. The van der Waals surface area contributed by atoms with E-state index >= 15 is 0 Å². The number of nitrogens with one attached hydrogen (secondary N) is 1. The molecular formula is C21H31N3O2S. The first-order chi connectivity index (χ1) is 13.1. The minimum atomic E-state index is 0.0407. The van der Waals surface area contributed by atoms with Gasteiger partial charge in [-0.05, 0) is 63.5 Å². The normalized spacial score (nSPS) is 19.5. The molecular weight excluding hydrogens is 358 g/mol. The minimum Gasteiger partial charge on any atom is -0.494 e. The lowest BCUT2D eigenvalue weighted by Gasteiger charge is -2.30. The second-order valence-electron chi connectivity index (χ2n) is 7.31. The smallest absolute Gasteiger partial charge is 0.224 e. The molecule has 148 valence electrons.